The largest absolute Gasteiger partial charge is 0.381 e. The second kappa shape index (κ2) is 7.47. The van der Waals surface area contributed by atoms with Gasteiger partial charge in [0.05, 0.1) is 4.34 Å². The van der Waals surface area contributed by atoms with Crippen LogP contribution in [0.5, 0.6) is 0 Å². The van der Waals surface area contributed by atoms with Gasteiger partial charge in [0.25, 0.3) is 10.0 Å². The number of hydrogen-bond acceptors (Lipinski definition) is 4. The highest BCUT2D eigenvalue weighted by Crippen LogP contribution is 2.27. The molecule has 0 bridgehead atoms. The van der Waals surface area contributed by atoms with Crippen molar-refractivity contribution in [1.82, 2.24) is 0 Å². The number of hydrogen-bond donors (Lipinski definition) is 2. The molecule has 130 valence electrons. The minimum atomic E-state index is -3.60. The maximum Gasteiger partial charge on any atom is 0.271 e. The molecule has 3 aromatic rings. The predicted octanol–water partition coefficient (Wildman–Crippen LogP) is 5.12. The number of rotatable bonds is 6. The third kappa shape index (κ3) is 4.75. The molecule has 2 N–H and O–H groups in total. The summed E-state index contributed by atoms with van der Waals surface area (Å²) in [4.78, 5) is 0. The summed E-state index contributed by atoms with van der Waals surface area (Å²) in [5.41, 5.74) is 3.84. The van der Waals surface area contributed by atoms with Gasteiger partial charge in [-0.05, 0) is 48.9 Å². The summed E-state index contributed by atoms with van der Waals surface area (Å²) >= 11 is 6.83. The maximum atomic E-state index is 12.3. The van der Waals surface area contributed by atoms with E-state index in [9.17, 15) is 8.42 Å². The molecule has 0 aliphatic heterocycles. The van der Waals surface area contributed by atoms with Gasteiger partial charge < -0.3 is 5.32 Å². The third-order valence-corrected chi connectivity index (χ3v) is 6.63. The zero-order valence-corrected chi connectivity index (χ0v) is 15.9. The van der Waals surface area contributed by atoms with Gasteiger partial charge in [0.1, 0.15) is 4.21 Å². The number of sulfonamides is 1. The van der Waals surface area contributed by atoms with E-state index in [1.165, 1.54) is 17.2 Å². The Morgan fingerprint density at radius 2 is 1.72 bits per heavy atom. The third-order valence-electron chi connectivity index (χ3n) is 3.53. The van der Waals surface area contributed by atoms with E-state index in [1.807, 2.05) is 18.2 Å². The van der Waals surface area contributed by atoms with Crippen LogP contribution in [-0.4, -0.2) is 8.42 Å². The van der Waals surface area contributed by atoms with Gasteiger partial charge in [0.15, 0.2) is 0 Å². The van der Waals surface area contributed by atoms with Crippen LogP contribution in [0.4, 0.5) is 11.4 Å². The molecule has 1 heterocycles. The van der Waals surface area contributed by atoms with Gasteiger partial charge in [0, 0.05) is 17.9 Å². The Balaban J connectivity index is 1.64. The summed E-state index contributed by atoms with van der Waals surface area (Å²) in [6, 6.07) is 18.5. The summed E-state index contributed by atoms with van der Waals surface area (Å²) in [5, 5.41) is 3.32. The summed E-state index contributed by atoms with van der Waals surface area (Å²) in [5.74, 6) is 0. The molecular weight excluding hydrogens is 376 g/mol. The van der Waals surface area contributed by atoms with Crippen LogP contribution in [0.25, 0.3) is 0 Å². The Hall–Kier alpha value is -2.02. The standard InChI is InChI=1S/C18H17ClN2O2S2/c1-13-3-2-4-14(11-13)12-20-15-5-7-16(8-6-15)21-25(22,23)18-10-9-17(19)24-18/h2-11,20-21H,12H2,1H3. The maximum absolute atomic E-state index is 12.3. The van der Waals surface area contributed by atoms with Gasteiger partial charge in [-0.15, -0.1) is 11.3 Å². The number of nitrogens with one attached hydrogen (secondary N) is 2. The lowest BCUT2D eigenvalue weighted by molar-refractivity contribution is 0.603. The summed E-state index contributed by atoms with van der Waals surface area (Å²) in [7, 11) is -3.60. The topological polar surface area (TPSA) is 58.2 Å². The Kier molecular flexibility index (Phi) is 5.32. The Morgan fingerprint density at radius 3 is 2.36 bits per heavy atom. The summed E-state index contributed by atoms with van der Waals surface area (Å²) in [6.45, 7) is 2.77. The number of thiophene rings is 1. The van der Waals surface area contributed by atoms with Crippen molar-refractivity contribution < 1.29 is 8.42 Å². The monoisotopic (exact) mass is 392 g/mol. The van der Waals surface area contributed by atoms with Gasteiger partial charge in [-0.2, -0.15) is 0 Å². The van der Waals surface area contributed by atoms with Crippen molar-refractivity contribution >= 4 is 44.3 Å². The first-order valence-corrected chi connectivity index (χ1v) is 10.3. The van der Waals surface area contributed by atoms with Gasteiger partial charge in [-0.3, -0.25) is 4.72 Å². The molecule has 0 amide bonds. The predicted molar refractivity (Wildman–Crippen MR) is 105 cm³/mol. The van der Waals surface area contributed by atoms with E-state index >= 15 is 0 Å². The number of aryl methyl sites for hydroxylation is 1. The van der Waals surface area contributed by atoms with Crippen LogP contribution in [0.3, 0.4) is 0 Å². The molecule has 0 unspecified atom stereocenters. The van der Waals surface area contributed by atoms with Crippen LogP contribution < -0.4 is 10.0 Å². The average molecular weight is 393 g/mol. The number of anilines is 2. The Bertz CT molecular complexity index is 967. The highest BCUT2D eigenvalue weighted by Gasteiger charge is 2.16. The second-order valence-corrected chi connectivity index (χ2v) is 9.21. The summed E-state index contributed by atoms with van der Waals surface area (Å²) < 4.78 is 27.7. The molecular formula is C18H17ClN2O2S2. The molecule has 0 fully saturated rings. The van der Waals surface area contributed by atoms with Gasteiger partial charge in [-0.25, -0.2) is 8.42 Å². The molecule has 25 heavy (non-hydrogen) atoms. The summed E-state index contributed by atoms with van der Waals surface area (Å²) in [6.07, 6.45) is 0. The van der Waals surface area contributed by atoms with Crippen molar-refractivity contribution in [2.45, 2.75) is 17.7 Å². The van der Waals surface area contributed by atoms with Crippen LogP contribution >= 0.6 is 22.9 Å². The van der Waals surface area contributed by atoms with Crippen molar-refractivity contribution in [3.05, 3.63) is 76.1 Å². The van der Waals surface area contributed by atoms with Crippen molar-refractivity contribution in [2.24, 2.45) is 0 Å². The van der Waals surface area contributed by atoms with E-state index in [-0.39, 0.29) is 4.21 Å². The van der Waals surface area contributed by atoms with Crippen LogP contribution in [0.2, 0.25) is 4.34 Å². The normalized spacial score (nSPS) is 11.3. The van der Waals surface area contributed by atoms with Crippen LogP contribution in [-0.2, 0) is 16.6 Å². The van der Waals surface area contributed by atoms with E-state index in [0.29, 0.717) is 16.6 Å². The zero-order valence-electron chi connectivity index (χ0n) is 13.5. The lowest BCUT2D eigenvalue weighted by Crippen LogP contribution is -2.11. The van der Waals surface area contributed by atoms with E-state index in [1.54, 1.807) is 18.2 Å². The first-order valence-electron chi connectivity index (χ1n) is 7.60. The fraction of sp³-hybridized carbons (Fsp3) is 0.111. The van der Waals surface area contributed by atoms with Crippen LogP contribution in [0.1, 0.15) is 11.1 Å². The fourth-order valence-electron chi connectivity index (χ4n) is 2.33. The van der Waals surface area contributed by atoms with E-state index in [4.69, 9.17) is 11.6 Å². The molecule has 7 heteroatoms. The van der Waals surface area contributed by atoms with Crippen molar-refractivity contribution in [3.63, 3.8) is 0 Å². The molecule has 0 atom stereocenters. The molecule has 0 aliphatic rings. The van der Waals surface area contributed by atoms with Crippen molar-refractivity contribution in [2.75, 3.05) is 10.0 Å². The first-order chi connectivity index (χ1) is 11.9. The molecule has 0 spiro atoms. The number of benzene rings is 2. The fourth-order valence-corrected chi connectivity index (χ4v) is 4.87. The van der Waals surface area contributed by atoms with Gasteiger partial charge in [-0.1, -0.05) is 41.4 Å². The Labute approximate surface area is 156 Å². The van der Waals surface area contributed by atoms with E-state index in [0.717, 1.165) is 17.0 Å². The number of halogens is 1. The molecule has 4 nitrogen and oxygen atoms in total. The second-order valence-electron chi connectivity index (χ2n) is 5.58. The smallest absolute Gasteiger partial charge is 0.271 e. The molecule has 0 aliphatic carbocycles. The van der Waals surface area contributed by atoms with Gasteiger partial charge in [0.2, 0.25) is 0 Å². The lowest BCUT2D eigenvalue weighted by atomic mass is 10.1. The van der Waals surface area contributed by atoms with E-state index in [2.05, 4.69) is 35.2 Å². The SMILES string of the molecule is Cc1cccc(CNc2ccc(NS(=O)(=O)c3ccc(Cl)s3)cc2)c1. The van der Waals surface area contributed by atoms with Crippen LogP contribution in [0.15, 0.2) is 64.9 Å². The minimum absolute atomic E-state index is 0.194. The highest BCUT2D eigenvalue weighted by atomic mass is 35.5. The molecule has 2 aromatic carbocycles. The molecule has 0 radical (unpaired) electrons. The quantitative estimate of drug-likeness (QED) is 0.611. The molecule has 1 aromatic heterocycles. The van der Waals surface area contributed by atoms with Gasteiger partial charge >= 0.3 is 0 Å². The first kappa shape index (κ1) is 17.8. The minimum Gasteiger partial charge on any atom is -0.381 e. The lowest BCUT2D eigenvalue weighted by Gasteiger charge is -2.09. The van der Waals surface area contributed by atoms with Crippen molar-refractivity contribution in [3.8, 4) is 0 Å². The molecule has 3 rings (SSSR count). The average Bonchev–Trinajstić information content (AvgIpc) is 3.02. The van der Waals surface area contributed by atoms with Crippen LogP contribution in [0, 0.1) is 6.92 Å². The molecule has 0 saturated carbocycles. The highest BCUT2D eigenvalue weighted by molar-refractivity contribution is 7.94. The van der Waals surface area contributed by atoms with Crippen molar-refractivity contribution in [1.29, 1.82) is 0 Å². The molecule has 0 saturated heterocycles. The Morgan fingerprint density at radius 1 is 1.00 bits per heavy atom. The zero-order chi connectivity index (χ0) is 17.9. The van der Waals surface area contributed by atoms with E-state index < -0.39 is 10.0 Å².